The summed E-state index contributed by atoms with van der Waals surface area (Å²) in [4.78, 5) is 2.73. The number of aliphatic hydroxyl groups excluding tert-OH is 1. The summed E-state index contributed by atoms with van der Waals surface area (Å²) in [6, 6.07) is 1.15. The first-order valence-electron chi connectivity index (χ1n) is 8.43. The second-order valence-corrected chi connectivity index (χ2v) is 6.41. The van der Waals surface area contributed by atoms with E-state index < -0.39 is 0 Å². The molecule has 2 rings (SSSR count). The van der Waals surface area contributed by atoms with Gasteiger partial charge in [-0.3, -0.25) is 0 Å². The van der Waals surface area contributed by atoms with Gasteiger partial charge in [0.2, 0.25) is 0 Å². The van der Waals surface area contributed by atoms with Gasteiger partial charge in [0.25, 0.3) is 0 Å². The maximum Gasteiger partial charge on any atom is 0.0585 e. The molecule has 1 unspecified atom stereocenters. The lowest BCUT2D eigenvalue weighted by Gasteiger charge is -2.44. The van der Waals surface area contributed by atoms with Crippen molar-refractivity contribution in [1.29, 1.82) is 0 Å². The molecule has 2 aliphatic rings. The number of fused-ring (bicyclic) bond motifs is 1. The number of likely N-dealkylation sites (tertiary alicyclic amines) is 1. The van der Waals surface area contributed by atoms with Crippen molar-refractivity contribution in [2.75, 3.05) is 26.2 Å². The molecule has 112 valence electrons. The van der Waals surface area contributed by atoms with Gasteiger partial charge in [0.05, 0.1) is 6.61 Å². The topological polar surface area (TPSA) is 35.5 Å². The molecule has 0 aromatic rings. The van der Waals surface area contributed by atoms with Crippen LogP contribution < -0.4 is 5.32 Å². The highest BCUT2D eigenvalue weighted by molar-refractivity contribution is 4.87. The molecular weight excluding hydrogens is 236 g/mol. The second kappa shape index (κ2) is 8.23. The van der Waals surface area contributed by atoms with Crippen LogP contribution in [0, 0.1) is 5.92 Å². The van der Waals surface area contributed by atoms with Crippen molar-refractivity contribution in [1.82, 2.24) is 10.2 Å². The van der Waals surface area contributed by atoms with Crippen LogP contribution >= 0.6 is 0 Å². The first kappa shape index (κ1) is 15.3. The summed E-state index contributed by atoms with van der Waals surface area (Å²) in [5.74, 6) is 0.971. The second-order valence-electron chi connectivity index (χ2n) is 6.41. The molecule has 1 aliphatic carbocycles. The van der Waals surface area contributed by atoms with Gasteiger partial charge in [0, 0.05) is 18.6 Å². The Morgan fingerprint density at radius 2 is 2.00 bits per heavy atom. The Morgan fingerprint density at radius 1 is 1.21 bits per heavy atom. The molecule has 2 N–H and O–H groups in total. The molecule has 1 heterocycles. The Kier molecular flexibility index (Phi) is 6.62. The minimum absolute atomic E-state index is 0.280. The average Bonchev–Trinajstić information content (AvgIpc) is 2.47. The van der Waals surface area contributed by atoms with E-state index in [1.807, 2.05) is 0 Å². The number of hydrogen-bond acceptors (Lipinski definition) is 3. The summed E-state index contributed by atoms with van der Waals surface area (Å²) in [6.45, 7) is 5.94. The molecule has 1 saturated carbocycles. The molecule has 3 nitrogen and oxygen atoms in total. The summed E-state index contributed by atoms with van der Waals surface area (Å²) < 4.78 is 0. The van der Waals surface area contributed by atoms with Crippen LogP contribution in [0.3, 0.4) is 0 Å². The first-order valence-corrected chi connectivity index (χ1v) is 8.43. The summed E-state index contributed by atoms with van der Waals surface area (Å²) in [7, 11) is 0. The zero-order valence-electron chi connectivity index (χ0n) is 12.6. The first-order chi connectivity index (χ1) is 9.35. The highest BCUT2D eigenvalue weighted by Crippen LogP contribution is 2.35. The third kappa shape index (κ3) is 4.44. The minimum atomic E-state index is 0.280. The van der Waals surface area contributed by atoms with E-state index in [0.717, 1.165) is 31.3 Å². The van der Waals surface area contributed by atoms with Gasteiger partial charge in [-0.1, -0.05) is 19.8 Å². The quantitative estimate of drug-likeness (QED) is 0.744. The van der Waals surface area contributed by atoms with Crippen molar-refractivity contribution in [2.24, 2.45) is 5.92 Å². The van der Waals surface area contributed by atoms with Gasteiger partial charge < -0.3 is 15.3 Å². The standard InChI is InChI=1S/C16H32N2O/c1-2-10-17-15(13-19)9-12-18-11-5-7-14-6-3-4-8-16(14)18/h14-17,19H,2-13H2,1H3/t14-,15?,16-/m1/s1. The van der Waals surface area contributed by atoms with Crippen LogP contribution in [0.2, 0.25) is 0 Å². The molecule has 0 spiro atoms. The smallest absolute Gasteiger partial charge is 0.0585 e. The van der Waals surface area contributed by atoms with Gasteiger partial charge in [-0.2, -0.15) is 0 Å². The van der Waals surface area contributed by atoms with E-state index in [0.29, 0.717) is 6.04 Å². The van der Waals surface area contributed by atoms with Crippen LogP contribution in [0.25, 0.3) is 0 Å². The van der Waals surface area contributed by atoms with Crippen molar-refractivity contribution in [3.05, 3.63) is 0 Å². The van der Waals surface area contributed by atoms with E-state index >= 15 is 0 Å². The zero-order chi connectivity index (χ0) is 13.5. The summed E-state index contributed by atoms with van der Waals surface area (Å²) in [6.07, 6.45) is 10.8. The fourth-order valence-corrected chi connectivity index (χ4v) is 3.93. The summed E-state index contributed by atoms with van der Waals surface area (Å²) >= 11 is 0. The molecule has 0 radical (unpaired) electrons. The van der Waals surface area contributed by atoms with Crippen LogP contribution in [-0.2, 0) is 0 Å². The van der Waals surface area contributed by atoms with Crippen molar-refractivity contribution in [3.63, 3.8) is 0 Å². The Hall–Kier alpha value is -0.120. The molecule has 0 aromatic heterocycles. The van der Waals surface area contributed by atoms with Gasteiger partial charge in [-0.05, 0) is 57.5 Å². The van der Waals surface area contributed by atoms with Crippen molar-refractivity contribution in [2.45, 2.75) is 70.4 Å². The van der Waals surface area contributed by atoms with Crippen molar-refractivity contribution < 1.29 is 5.11 Å². The van der Waals surface area contributed by atoms with E-state index in [9.17, 15) is 5.11 Å². The van der Waals surface area contributed by atoms with Gasteiger partial charge in [-0.25, -0.2) is 0 Å². The zero-order valence-corrected chi connectivity index (χ0v) is 12.6. The maximum atomic E-state index is 9.43. The van der Waals surface area contributed by atoms with Crippen molar-refractivity contribution in [3.8, 4) is 0 Å². The summed E-state index contributed by atoms with van der Waals surface area (Å²) in [5, 5.41) is 12.9. The molecule has 3 atom stereocenters. The number of hydrogen-bond donors (Lipinski definition) is 2. The Balaban J connectivity index is 1.76. The molecule has 0 amide bonds. The van der Waals surface area contributed by atoms with Crippen LogP contribution in [0.5, 0.6) is 0 Å². The van der Waals surface area contributed by atoms with E-state index in [2.05, 4.69) is 17.1 Å². The van der Waals surface area contributed by atoms with Crippen LogP contribution in [-0.4, -0.2) is 48.3 Å². The van der Waals surface area contributed by atoms with Gasteiger partial charge >= 0.3 is 0 Å². The monoisotopic (exact) mass is 268 g/mol. The lowest BCUT2D eigenvalue weighted by atomic mass is 9.78. The van der Waals surface area contributed by atoms with Gasteiger partial charge in [0.1, 0.15) is 0 Å². The fourth-order valence-electron chi connectivity index (χ4n) is 3.93. The largest absolute Gasteiger partial charge is 0.395 e. The Morgan fingerprint density at radius 3 is 2.79 bits per heavy atom. The van der Waals surface area contributed by atoms with Crippen LogP contribution in [0.1, 0.15) is 58.3 Å². The molecule has 0 bridgehead atoms. The normalized spacial score (nSPS) is 30.0. The predicted octanol–water partition coefficient (Wildman–Crippen LogP) is 2.39. The maximum absolute atomic E-state index is 9.43. The van der Waals surface area contributed by atoms with E-state index in [-0.39, 0.29) is 6.61 Å². The Bertz CT molecular complexity index is 245. The fraction of sp³-hybridized carbons (Fsp3) is 1.00. The average molecular weight is 268 g/mol. The Labute approximate surface area is 118 Å². The number of rotatable bonds is 7. The third-order valence-corrected chi connectivity index (χ3v) is 5.03. The third-order valence-electron chi connectivity index (χ3n) is 5.03. The molecule has 0 aromatic carbocycles. The lowest BCUT2D eigenvalue weighted by molar-refractivity contribution is 0.0555. The van der Waals surface area contributed by atoms with E-state index in [4.69, 9.17) is 0 Å². The SMILES string of the molecule is CCCNC(CO)CCN1CCC[C@H]2CCCC[C@H]21. The lowest BCUT2D eigenvalue weighted by Crippen LogP contribution is -2.48. The molecule has 1 aliphatic heterocycles. The summed E-state index contributed by atoms with van der Waals surface area (Å²) in [5.41, 5.74) is 0. The molecule has 1 saturated heterocycles. The van der Waals surface area contributed by atoms with Crippen LogP contribution in [0.4, 0.5) is 0 Å². The number of piperidine rings is 1. The van der Waals surface area contributed by atoms with E-state index in [1.165, 1.54) is 51.6 Å². The van der Waals surface area contributed by atoms with Crippen molar-refractivity contribution >= 4 is 0 Å². The predicted molar refractivity (Wildman–Crippen MR) is 80.3 cm³/mol. The van der Waals surface area contributed by atoms with Gasteiger partial charge in [-0.15, -0.1) is 0 Å². The highest BCUT2D eigenvalue weighted by Gasteiger charge is 2.32. The number of nitrogens with zero attached hydrogens (tertiary/aromatic N) is 1. The number of aliphatic hydroxyl groups is 1. The van der Waals surface area contributed by atoms with E-state index in [1.54, 1.807) is 0 Å². The number of nitrogens with one attached hydrogen (secondary N) is 1. The molecule has 2 fully saturated rings. The minimum Gasteiger partial charge on any atom is -0.395 e. The highest BCUT2D eigenvalue weighted by atomic mass is 16.3. The molecule has 19 heavy (non-hydrogen) atoms. The van der Waals surface area contributed by atoms with Gasteiger partial charge in [0.15, 0.2) is 0 Å². The van der Waals surface area contributed by atoms with Crippen LogP contribution in [0.15, 0.2) is 0 Å². The molecule has 3 heteroatoms. The molecular formula is C16H32N2O.